The van der Waals surface area contributed by atoms with E-state index < -0.39 is 0 Å². The molecule has 0 aliphatic heterocycles. The molecule has 0 bridgehead atoms. The number of nitrogens with two attached hydrogens (primary N) is 1. The molecule has 2 aromatic rings. The molecule has 0 spiro atoms. The van der Waals surface area contributed by atoms with Gasteiger partial charge in [0.15, 0.2) is 5.82 Å². The minimum absolute atomic E-state index is 0.550. The fourth-order valence-corrected chi connectivity index (χ4v) is 2.61. The molecule has 0 fully saturated rings. The van der Waals surface area contributed by atoms with Gasteiger partial charge in [-0.15, -0.1) is 0 Å². The van der Waals surface area contributed by atoms with Crippen molar-refractivity contribution in [2.24, 2.45) is 0 Å². The number of hydrogen-bond donors (Lipinski definition) is 1. The number of anilines is 1. The van der Waals surface area contributed by atoms with Gasteiger partial charge in [-0.1, -0.05) is 35.0 Å². The van der Waals surface area contributed by atoms with Crippen molar-refractivity contribution in [1.82, 2.24) is 9.97 Å². The lowest BCUT2D eigenvalue weighted by Crippen LogP contribution is -2.04. The van der Waals surface area contributed by atoms with E-state index >= 15 is 0 Å². The number of hydrogen-bond acceptors (Lipinski definition) is 3. The van der Waals surface area contributed by atoms with E-state index in [2.05, 4.69) is 62.3 Å². The van der Waals surface area contributed by atoms with Crippen molar-refractivity contribution in [2.45, 2.75) is 20.3 Å². The Morgan fingerprint density at radius 3 is 2.67 bits per heavy atom. The lowest BCUT2D eigenvalue weighted by atomic mass is 10.1. The first-order valence-corrected chi connectivity index (χ1v) is 7.48. The summed E-state index contributed by atoms with van der Waals surface area (Å²) in [4.78, 5) is 8.93. The van der Waals surface area contributed by atoms with Crippen LogP contribution in [0, 0.1) is 10.5 Å². The van der Waals surface area contributed by atoms with E-state index in [0.29, 0.717) is 11.6 Å². The lowest BCUT2D eigenvalue weighted by molar-refractivity contribution is 0.994. The van der Waals surface area contributed by atoms with Crippen molar-refractivity contribution in [1.29, 1.82) is 0 Å². The number of nitrogen functional groups attached to an aromatic ring is 1. The largest absolute Gasteiger partial charge is 0.383 e. The molecule has 94 valence electrons. The third kappa shape index (κ3) is 2.66. The molecular formula is C13H13BrIN3. The molecule has 3 nitrogen and oxygen atoms in total. The fourth-order valence-electron chi connectivity index (χ4n) is 1.61. The van der Waals surface area contributed by atoms with E-state index in [4.69, 9.17) is 5.73 Å². The molecule has 1 aromatic carbocycles. The van der Waals surface area contributed by atoms with Crippen LogP contribution in [0.5, 0.6) is 0 Å². The third-order valence-electron chi connectivity index (χ3n) is 2.71. The fraction of sp³-hybridized carbons (Fsp3) is 0.231. The molecule has 2 N–H and O–H groups in total. The van der Waals surface area contributed by atoms with E-state index in [-0.39, 0.29) is 0 Å². The molecule has 0 unspecified atom stereocenters. The maximum absolute atomic E-state index is 5.93. The van der Waals surface area contributed by atoms with Gasteiger partial charge in [0.2, 0.25) is 0 Å². The average Bonchev–Trinajstić information content (AvgIpc) is 2.36. The normalized spacial score (nSPS) is 10.7. The van der Waals surface area contributed by atoms with Crippen molar-refractivity contribution in [3.05, 3.63) is 37.5 Å². The Labute approximate surface area is 128 Å². The van der Waals surface area contributed by atoms with E-state index in [1.807, 2.05) is 18.2 Å². The number of benzene rings is 1. The zero-order valence-electron chi connectivity index (χ0n) is 10.2. The first-order chi connectivity index (χ1) is 8.52. The van der Waals surface area contributed by atoms with Gasteiger partial charge in [0, 0.05) is 10.0 Å². The standard InChI is InChI=1S/C13H13BrIN3/c1-3-10-11(15)12(16)18-13(17-10)8-5-4-7(2)9(14)6-8/h4-6H,3H2,1-2H3,(H2,16,17,18). The Bertz CT molecular complexity index is 599. The predicted molar refractivity (Wildman–Crippen MR) is 86.4 cm³/mol. The first kappa shape index (κ1) is 13.7. The van der Waals surface area contributed by atoms with Gasteiger partial charge in [-0.05, 0) is 47.6 Å². The highest BCUT2D eigenvalue weighted by molar-refractivity contribution is 14.1. The van der Waals surface area contributed by atoms with Crippen LogP contribution in [0.3, 0.4) is 0 Å². The van der Waals surface area contributed by atoms with Gasteiger partial charge in [0.25, 0.3) is 0 Å². The Balaban J connectivity index is 2.57. The summed E-state index contributed by atoms with van der Waals surface area (Å²) in [6.45, 7) is 4.12. The summed E-state index contributed by atoms with van der Waals surface area (Å²) in [6.07, 6.45) is 0.852. The Morgan fingerprint density at radius 1 is 1.33 bits per heavy atom. The van der Waals surface area contributed by atoms with Gasteiger partial charge in [0.05, 0.1) is 9.26 Å². The quantitative estimate of drug-likeness (QED) is 0.752. The first-order valence-electron chi connectivity index (χ1n) is 5.61. The summed E-state index contributed by atoms with van der Waals surface area (Å²) < 4.78 is 2.00. The predicted octanol–water partition coefficient (Wildman–Crippen LogP) is 3.96. The second kappa shape index (κ2) is 5.52. The molecule has 1 aromatic heterocycles. The lowest BCUT2D eigenvalue weighted by Gasteiger charge is -2.08. The number of aromatic nitrogens is 2. The second-order valence-electron chi connectivity index (χ2n) is 4.01. The number of nitrogens with zero attached hydrogens (tertiary/aromatic N) is 2. The maximum Gasteiger partial charge on any atom is 0.161 e. The van der Waals surface area contributed by atoms with Crippen LogP contribution in [0.15, 0.2) is 22.7 Å². The molecular weight excluding hydrogens is 405 g/mol. The van der Waals surface area contributed by atoms with E-state index in [1.165, 1.54) is 5.56 Å². The summed E-state index contributed by atoms with van der Waals surface area (Å²) >= 11 is 5.72. The van der Waals surface area contributed by atoms with Crippen molar-refractivity contribution >= 4 is 44.3 Å². The zero-order valence-corrected chi connectivity index (χ0v) is 13.9. The second-order valence-corrected chi connectivity index (χ2v) is 5.94. The summed E-state index contributed by atoms with van der Waals surface area (Å²) in [5.74, 6) is 1.24. The molecule has 0 aliphatic rings. The highest BCUT2D eigenvalue weighted by atomic mass is 127. The van der Waals surface area contributed by atoms with Gasteiger partial charge < -0.3 is 5.73 Å². The third-order valence-corrected chi connectivity index (χ3v) is 4.74. The number of rotatable bonds is 2. The SMILES string of the molecule is CCc1nc(-c2ccc(C)c(Br)c2)nc(N)c1I. The van der Waals surface area contributed by atoms with Crippen molar-refractivity contribution in [3.8, 4) is 11.4 Å². The number of aryl methyl sites for hydroxylation is 2. The zero-order chi connectivity index (χ0) is 13.3. The highest BCUT2D eigenvalue weighted by Gasteiger charge is 2.10. The Kier molecular flexibility index (Phi) is 4.21. The van der Waals surface area contributed by atoms with Gasteiger partial charge in [-0.3, -0.25) is 0 Å². The molecule has 0 amide bonds. The van der Waals surface area contributed by atoms with Crippen LogP contribution in [-0.4, -0.2) is 9.97 Å². The Morgan fingerprint density at radius 2 is 2.06 bits per heavy atom. The molecule has 5 heteroatoms. The Hall–Kier alpha value is -0.690. The maximum atomic E-state index is 5.93. The van der Waals surface area contributed by atoms with Crippen LogP contribution in [0.25, 0.3) is 11.4 Å². The van der Waals surface area contributed by atoms with Crippen LogP contribution in [-0.2, 0) is 6.42 Å². The van der Waals surface area contributed by atoms with Gasteiger partial charge >= 0.3 is 0 Å². The van der Waals surface area contributed by atoms with Crippen molar-refractivity contribution < 1.29 is 0 Å². The minimum atomic E-state index is 0.550. The van der Waals surface area contributed by atoms with Crippen LogP contribution in [0.1, 0.15) is 18.2 Å². The van der Waals surface area contributed by atoms with E-state index in [0.717, 1.165) is 25.7 Å². The van der Waals surface area contributed by atoms with Gasteiger partial charge in [-0.25, -0.2) is 9.97 Å². The van der Waals surface area contributed by atoms with E-state index in [9.17, 15) is 0 Å². The minimum Gasteiger partial charge on any atom is -0.383 e. The van der Waals surface area contributed by atoms with Crippen molar-refractivity contribution in [3.63, 3.8) is 0 Å². The topological polar surface area (TPSA) is 51.8 Å². The monoisotopic (exact) mass is 417 g/mol. The van der Waals surface area contributed by atoms with Crippen LogP contribution in [0.4, 0.5) is 5.82 Å². The van der Waals surface area contributed by atoms with Crippen LogP contribution >= 0.6 is 38.5 Å². The average molecular weight is 418 g/mol. The molecule has 0 saturated carbocycles. The van der Waals surface area contributed by atoms with Gasteiger partial charge in [-0.2, -0.15) is 0 Å². The van der Waals surface area contributed by atoms with Crippen LogP contribution in [0.2, 0.25) is 0 Å². The molecule has 18 heavy (non-hydrogen) atoms. The number of halogens is 2. The molecule has 0 atom stereocenters. The van der Waals surface area contributed by atoms with Gasteiger partial charge in [0.1, 0.15) is 5.82 Å². The molecule has 0 aliphatic carbocycles. The molecule has 0 saturated heterocycles. The summed E-state index contributed by atoms with van der Waals surface area (Å²) in [7, 11) is 0. The summed E-state index contributed by atoms with van der Waals surface area (Å²) in [5.41, 5.74) is 9.09. The summed E-state index contributed by atoms with van der Waals surface area (Å²) in [6, 6.07) is 6.08. The highest BCUT2D eigenvalue weighted by Crippen LogP contribution is 2.26. The summed E-state index contributed by atoms with van der Waals surface area (Å²) in [5, 5.41) is 0. The smallest absolute Gasteiger partial charge is 0.161 e. The van der Waals surface area contributed by atoms with E-state index in [1.54, 1.807) is 0 Å². The molecule has 0 radical (unpaired) electrons. The van der Waals surface area contributed by atoms with Crippen molar-refractivity contribution in [2.75, 3.05) is 5.73 Å². The molecule has 2 rings (SSSR count). The van der Waals surface area contributed by atoms with Crippen LogP contribution < -0.4 is 5.73 Å². The molecule has 1 heterocycles.